The highest BCUT2D eigenvalue weighted by molar-refractivity contribution is 5.85. The number of oxime groups is 1. The molecule has 0 aliphatic carbocycles. The van der Waals surface area contributed by atoms with Gasteiger partial charge in [-0.05, 0) is 37.5 Å². The molecule has 5 heteroatoms. The van der Waals surface area contributed by atoms with Gasteiger partial charge >= 0.3 is 0 Å². The van der Waals surface area contributed by atoms with Crippen molar-refractivity contribution in [1.29, 1.82) is 0 Å². The van der Waals surface area contributed by atoms with Gasteiger partial charge in [0.2, 0.25) is 0 Å². The Morgan fingerprint density at radius 2 is 2.16 bits per heavy atom. The van der Waals surface area contributed by atoms with Crippen LogP contribution in [0.25, 0.3) is 0 Å². The standard InChI is InChI=1S/C14H22FN3O/c1-10-5-6-11(15)12(9-10)17-8-4-7-14(2,3)13(16)18-19/h5-6,9,17,19H,4,7-8H2,1-3H3,(H2,16,18). The molecule has 0 bridgehead atoms. The van der Waals surface area contributed by atoms with E-state index in [2.05, 4.69) is 10.5 Å². The number of rotatable bonds is 6. The average molecular weight is 267 g/mol. The highest BCUT2D eigenvalue weighted by Gasteiger charge is 2.22. The molecule has 4 nitrogen and oxygen atoms in total. The van der Waals surface area contributed by atoms with E-state index in [4.69, 9.17) is 10.9 Å². The van der Waals surface area contributed by atoms with Gasteiger partial charge in [0.25, 0.3) is 0 Å². The first-order valence-corrected chi connectivity index (χ1v) is 6.35. The van der Waals surface area contributed by atoms with Crippen molar-refractivity contribution in [2.24, 2.45) is 16.3 Å². The van der Waals surface area contributed by atoms with E-state index in [9.17, 15) is 4.39 Å². The van der Waals surface area contributed by atoms with Crippen molar-refractivity contribution < 1.29 is 9.60 Å². The summed E-state index contributed by atoms with van der Waals surface area (Å²) in [5, 5.41) is 14.8. The third-order valence-corrected chi connectivity index (χ3v) is 3.22. The highest BCUT2D eigenvalue weighted by Crippen LogP contribution is 2.23. The number of benzene rings is 1. The Balaban J connectivity index is 2.45. The lowest BCUT2D eigenvalue weighted by atomic mass is 9.86. The van der Waals surface area contributed by atoms with Crippen LogP contribution < -0.4 is 11.1 Å². The zero-order valence-corrected chi connectivity index (χ0v) is 11.7. The fourth-order valence-corrected chi connectivity index (χ4v) is 1.79. The van der Waals surface area contributed by atoms with Crippen LogP contribution in [0.2, 0.25) is 0 Å². The smallest absolute Gasteiger partial charge is 0.146 e. The molecule has 0 aliphatic heterocycles. The number of hydrogen-bond acceptors (Lipinski definition) is 3. The third kappa shape index (κ3) is 4.43. The summed E-state index contributed by atoms with van der Waals surface area (Å²) in [5.41, 5.74) is 6.78. The molecule has 1 aromatic rings. The first-order valence-electron chi connectivity index (χ1n) is 6.35. The van der Waals surface area contributed by atoms with Gasteiger partial charge in [0, 0.05) is 12.0 Å². The van der Waals surface area contributed by atoms with Crippen molar-refractivity contribution in [1.82, 2.24) is 0 Å². The number of aryl methyl sites for hydroxylation is 1. The number of halogens is 1. The van der Waals surface area contributed by atoms with Crippen LogP contribution in [-0.4, -0.2) is 17.6 Å². The zero-order chi connectivity index (χ0) is 14.5. The van der Waals surface area contributed by atoms with Crippen molar-refractivity contribution in [3.05, 3.63) is 29.6 Å². The molecule has 0 heterocycles. The van der Waals surface area contributed by atoms with Gasteiger partial charge in [0.05, 0.1) is 5.69 Å². The molecule has 4 N–H and O–H groups in total. The maximum Gasteiger partial charge on any atom is 0.146 e. The summed E-state index contributed by atoms with van der Waals surface area (Å²) in [6, 6.07) is 4.98. The van der Waals surface area contributed by atoms with Crippen LogP contribution in [0, 0.1) is 18.2 Å². The predicted octanol–water partition coefficient (Wildman–Crippen LogP) is 3.10. The fraction of sp³-hybridized carbons (Fsp3) is 0.500. The zero-order valence-electron chi connectivity index (χ0n) is 11.7. The molecule has 0 fully saturated rings. The van der Waals surface area contributed by atoms with E-state index in [1.807, 2.05) is 20.8 Å². The van der Waals surface area contributed by atoms with Crippen LogP contribution >= 0.6 is 0 Å². The van der Waals surface area contributed by atoms with Crippen LogP contribution in [0.4, 0.5) is 10.1 Å². The quantitative estimate of drug-likeness (QED) is 0.244. The van der Waals surface area contributed by atoms with Crippen molar-refractivity contribution in [2.75, 3.05) is 11.9 Å². The number of nitrogens with zero attached hydrogens (tertiary/aromatic N) is 1. The van der Waals surface area contributed by atoms with E-state index in [1.54, 1.807) is 12.1 Å². The van der Waals surface area contributed by atoms with Crippen LogP contribution in [-0.2, 0) is 0 Å². The molecule has 0 unspecified atom stereocenters. The molecular weight excluding hydrogens is 245 g/mol. The van der Waals surface area contributed by atoms with Crippen LogP contribution in [0.5, 0.6) is 0 Å². The van der Waals surface area contributed by atoms with Crippen LogP contribution in [0.15, 0.2) is 23.4 Å². The van der Waals surface area contributed by atoms with E-state index in [1.165, 1.54) is 6.07 Å². The van der Waals surface area contributed by atoms with Gasteiger partial charge in [-0.25, -0.2) is 4.39 Å². The number of hydrogen-bond donors (Lipinski definition) is 3. The Kier molecular flexibility index (Phi) is 5.15. The molecule has 1 aromatic carbocycles. The third-order valence-electron chi connectivity index (χ3n) is 3.22. The molecule has 19 heavy (non-hydrogen) atoms. The minimum Gasteiger partial charge on any atom is -0.409 e. The minimum absolute atomic E-state index is 0.217. The van der Waals surface area contributed by atoms with Crippen LogP contribution in [0.1, 0.15) is 32.3 Å². The van der Waals surface area contributed by atoms with Crippen molar-refractivity contribution in [3.8, 4) is 0 Å². The second-order valence-corrected chi connectivity index (χ2v) is 5.38. The first kappa shape index (κ1) is 15.3. The van der Waals surface area contributed by atoms with Gasteiger partial charge in [-0.1, -0.05) is 25.1 Å². The predicted molar refractivity (Wildman–Crippen MR) is 76.1 cm³/mol. The summed E-state index contributed by atoms with van der Waals surface area (Å²) in [7, 11) is 0. The Morgan fingerprint density at radius 3 is 2.79 bits per heavy atom. The summed E-state index contributed by atoms with van der Waals surface area (Å²) in [6.07, 6.45) is 1.56. The Morgan fingerprint density at radius 1 is 1.47 bits per heavy atom. The Labute approximate surface area is 113 Å². The molecule has 0 radical (unpaired) electrons. The van der Waals surface area contributed by atoms with Gasteiger partial charge < -0.3 is 16.3 Å². The molecule has 0 aromatic heterocycles. The van der Waals surface area contributed by atoms with E-state index in [0.717, 1.165) is 18.4 Å². The summed E-state index contributed by atoms with van der Waals surface area (Å²) >= 11 is 0. The van der Waals surface area contributed by atoms with Gasteiger partial charge in [-0.15, -0.1) is 0 Å². The topological polar surface area (TPSA) is 70.6 Å². The number of nitrogens with two attached hydrogens (primary N) is 1. The van der Waals surface area contributed by atoms with Gasteiger partial charge in [-0.3, -0.25) is 0 Å². The summed E-state index contributed by atoms with van der Waals surface area (Å²) < 4.78 is 13.5. The first-order chi connectivity index (χ1) is 8.86. The number of anilines is 1. The van der Waals surface area contributed by atoms with Crippen molar-refractivity contribution >= 4 is 11.5 Å². The van der Waals surface area contributed by atoms with Gasteiger partial charge in [0.15, 0.2) is 0 Å². The minimum atomic E-state index is -0.360. The van der Waals surface area contributed by atoms with E-state index < -0.39 is 0 Å². The summed E-state index contributed by atoms with van der Waals surface area (Å²) in [4.78, 5) is 0. The Hall–Kier alpha value is -1.78. The number of nitrogens with one attached hydrogen (secondary N) is 1. The van der Waals surface area contributed by atoms with Crippen LogP contribution in [0.3, 0.4) is 0 Å². The molecule has 0 saturated heterocycles. The largest absolute Gasteiger partial charge is 0.409 e. The second-order valence-electron chi connectivity index (χ2n) is 5.38. The summed E-state index contributed by atoms with van der Waals surface area (Å²) in [5.74, 6) is -0.0319. The highest BCUT2D eigenvalue weighted by atomic mass is 19.1. The molecule has 0 aliphatic rings. The van der Waals surface area contributed by atoms with E-state index in [-0.39, 0.29) is 17.1 Å². The summed E-state index contributed by atoms with van der Waals surface area (Å²) in [6.45, 7) is 6.39. The lowest BCUT2D eigenvalue weighted by Crippen LogP contribution is -2.32. The lowest BCUT2D eigenvalue weighted by molar-refractivity contribution is 0.305. The molecular formula is C14H22FN3O. The fourth-order valence-electron chi connectivity index (χ4n) is 1.79. The molecule has 0 amide bonds. The number of amidine groups is 1. The second kappa shape index (κ2) is 6.41. The molecule has 0 spiro atoms. The SMILES string of the molecule is Cc1ccc(F)c(NCCCC(C)(C)C(N)=NO)c1. The molecule has 106 valence electrons. The molecule has 0 saturated carbocycles. The van der Waals surface area contributed by atoms with Gasteiger partial charge in [-0.2, -0.15) is 0 Å². The van der Waals surface area contributed by atoms with Gasteiger partial charge in [0.1, 0.15) is 11.7 Å². The molecule has 0 atom stereocenters. The average Bonchev–Trinajstić information content (AvgIpc) is 2.37. The lowest BCUT2D eigenvalue weighted by Gasteiger charge is -2.22. The van der Waals surface area contributed by atoms with Crippen molar-refractivity contribution in [3.63, 3.8) is 0 Å². The maximum atomic E-state index is 13.5. The molecule has 1 rings (SSSR count). The maximum absolute atomic E-state index is 13.5. The van der Waals surface area contributed by atoms with E-state index >= 15 is 0 Å². The Bertz CT molecular complexity index is 458. The van der Waals surface area contributed by atoms with Crippen molar-refractivity contribution in [2.45, 2.75) is 33.6 Å². The monoisotopic (exact) mass is 267 g/mol. The normalized spacial score (nSPS) is 12.5. The van der Waals surface area contributed by atoms with E-state index in [0.29, 0.717) is 12.2 Å².